The molecule has 0 aromatic heterocycles. The van der Waals surface area contributed by atoms with Gasteiger partial charge in [-0.1, -0.05) is 6.07 Å². The predicted molar refractivity (Wildman–Crippen MR) is 73.0 cm³/mol. The fourth-order valence-corrected chi connectivity index (χ4v) is 2.51. The van der Waals surface area contributed by atoms with Crippen molar-refractivity contribution in [3.63, 3.8) is 0 Å². The molecular weight excluding hydrogens is 242 g/mol. The number of carboxylic acid groups (broad SMARTS) is 1. The van der Waals surface area contributed by atoms with Gasteiger partial charge in [0.1, 0.15) is 0 Å². The number of carboxylic acids is 1. The molecule has 2 rings (SSSR count). The van der Waals surface area contributed by atoms with Crippen LogP contribution in [0.25, 0.3) is 0 Å². The number of aliphatic carboxylic acids is 1. The molecule has 1 aromatic carbocycles. The summed E-state index contributed by atoms with van der Waals surface area (Å²) in [4.78, 5) is 23.0. The molecule has 0 heterocycles. The Labute approximate surface area is 112 Å². The van der Waals surface area contributed by atoms with Crippen LogP contribution >= 0.6 is 0 Å². The summed E-state index contributed by atoms with van der Waals surface area (Å²) in [5.74, 6) is -1.40. The summed E-state index contributed by atoms with van der Waals surface area (Å²) >= 11 is 0. The highest BCUT2D eigenvalue weighted by Gasteiger charge is 2.33. The van der Waals surface area contributed by atoms with E-state index >= 15 is 0 Å². The molecule has 102 valence electrons. The summed E-state index contributed by atoms with van der Waals surface area (Å²) in [7, 11) is 0. The number of aryl methyl sites for hydroxylation is 2. The molecule has 1 aliphatic rings. The van der Waals surface area contributed by atoms with Crippen LogP contribution < -0.4 is 5.32 Å². The van der Waals surface area contributed by atoms with Gasteiger partial charge < -0.3 is 10.4 Å². The molecule has 4 nitrogen and oxygen atoms in total. The smallest absolute Gasteiger partial charge is 0.306 e. The Morgan fingerprint density at radius 3 is 2.42 bits per heavy atom. The number of carbonyl (C=O) groups is 2. The molecule has 1 aliphatic carbocycles. The van der Waals surface area contributed by atoms with E-state index in [0.29, 0.717) is 19.3 Å². The van der Waals surface area contributed by atoms with Crippen molar-refractivity contribution in [1.82, 2.24) is 0 Å². The van der Waals surface area contributed by atoms with Crippen LogP contribution in [-0.2, 0) is 9.59 Å². The minimum Gasteiger partial charge on any atom is -0.481 e. The van der Waals surface area contributed by atoms with Crippen LogP contribution in [0.15, 0.2) is 18.2 Å². The summed E-state index contributed by atoms with van der Waals surface area (Å²) < 4.78 is 0. The van der Waals surface area contributed by atoms with Gasteiger partial charge in [-0.05, 0) is 56.4 Å². The molecule has 19 heavy (non-hydrogen) atoms. The lowest BCUT2D eigenvalue weighted by Gasteiger charge is -2.12. The van der Waals surface area contributed by atoms with E-state index in [9.17, 15) is 9.59 Å². The van der Waals surface area contributed by atoms with Gasteiger partial charge in [0, 0.05) is 11.6 Å². The molecule has 0 aliphatic heterocycles. The van der Waals surface area contributed by atoms with E-state index in [-0.39, 0.29) is 17.7 Å². The largest absolute Gasteiger partial charge is 0.481 e. The van der Waals surface area contributed by atoms with E-state index in [2.05, 4.69) is 5.32 Å². The third-order valence-corrected chi connectivity index (χ3v) is 3.93. The van der Waals surface area contributed by atoms with Crippen molar-refractivity contribution < 1.29 is 14.7 Å². The summed E-state index contributed by atoms with van der Waals surface area (Å²) in [5, 5.41) is 11.8. The van der Waals surface area contributed by atoms with E-state index < -0.39 is 5.97 Å². The standard InChI is InChI=1S/C15H19NO3/c1-9-3-6-13(7-10(9)2)16-14(17)11-4-5-12(8-11)15(18)19/h3,6-7,11-12H,4-5,8H2,1-2H3,(H,16,17)(H,18,19)/t11-,12-/m0/s1. The second-order valence-electron chi connectivity index (χ2n) is 5.33. The number of carbonyl (C=O) groups excluding carboxylic acids is 1. The quantitative estimate of drug-likeness (QED) is 0.879. The fourth-order valence-electron chi connectivity index (χ4n) is 2.51. The van der Waals surface area contributed by atoms with E-state index in [1.165, 1.54) is 5.56 Å². The van der Waals surface area contributed by atoms with Gasteiger partial charge in [0.05, 0.1) is 5.92 Å². The van der Waals surface area contributed by atoms with Crippen LogP contribution in [-0.4, -0.2) is 17.0 Å². The van der Waals surface area contributed by atoms with Gasteiger partial charge in [0.15, 0.2) is 0 Å². The molecule has 0 unspecified atom stereocenters. The van der Waals surface area contributed by atoms with Crippen LogP contribution in [0.5, 0.6) is 0 Å². The normalized spacial score (nSPS) is 22.2. The molecule has 1 aromatic rings. The van der Waals surface area contributed by atoms with E-state index in [1.807, 2.05) is 32.0 Å². The van der Waals surface area contributed by atoms with Gasteiger partial charge in [0.2, 0.25) is 5.91 Å². The third-order valence-electron chi connectivity index (χ3n) is 3.93. The number of anilines is 1. The third kappa shape index (κ3) is 3.13. The second kappa shape index (κ2) is 5.43. The van der Waals surface area contributed by atoms with Crippen LogP contribution in [0.1, 0.15) is 30.4 Å². The number of benzene rings is 1. The minimum atomic E-state index is -0.790. The maximum absolute atomic E-state index is 12.1. The predicted octanol–water partition coefficient (Wildman–Crippen LogP) is 2.74. The first-order valence-corrected chi connectivity index (χ1v) is 6.58. The van der Waals surface area contributed by atoms with Crippen LogP contribution in [0.4, 0.5) is 5.69 Å². The van der Waals surface area contributed by atoms with Gasteiger partial charge in [-0.3, -0.25) is 9.59 Å². The highest BCUT2D eigenvalue weighted by molar-refractivity contribution is 5.93. The molecule has 2 N–H and O–H groups in total. The Morgan fingerprint density at radius 2 is 1.84 bits per heavy atom. The number of nitrogens with one attached hydrogen (secondary N) is 1. The molecule has 2 atom stereocenters. The Morgan fingerprint density at radius 1 is 1.16 bits per heavy atom. The number of hydrogen-bond acceptors (Lipinski definition) is 2. The first kappa shape index (κ1) is 13.6. The number of hydrogen-bond donors (Lipinski definition) is 2. The molecule has 0 saturated heterocycles. The van der Waals surface area contributed by atoms with Crippen molar-refractivity contribution >= 4 is 17.6 Å². The fraction of sp³-hybridized carbons (Fsp3) is 0.467. The van der Waals surface area contributed by atoms with Crippen molar-refractivity contribution in [3.05, 3.63) is 29.3 Å². The molecule has 1 fully saturated rings. The van der Waals surface area contributed by atoms with Gasteiger partial charge in [-0.15, -0.1) is 0 Å². The van der Waals surface area contributed by atoms with Crippen molar-refractivity contribution in [1.29, 1.82) is 0 Å². The molecule has 0 bridgehead atoms. The molecule has 4 heteroatoms. The SMILES string of the molecule is Cc1ccc(NC(=O)[C@H]2CC[C@H](C(=O)O)C2)cc1C. The van der Waals surface area contributed by atoms with Gasteiger partial charge in [-0.2, -0.15) is 0 Å². The Bertz CT molecular complexity index is 510. The maximum atomic E-state index is 12.1. The monoisotopic (exact) mass is 261 g/mol. The molecule has 0 spiro atoms. The zero-order valence-corrected chi connectivity index (χ0v) is 11.3. The summed E-state index contributed by atoms with van der Waals surface area (Å²) in [6, 6.07) is 5.79. The van der Waals surface area contributed by atoms with Crippen molar-refractivity contribution in [3.8, 4) is 0 Å². The first-order chi connectivity index (χ1) is 8.97. The first-order valence-electron chi connectivity index (χ1n) is 6.58. The highest BCUT2D eigenvalue weighted by atomic mass is 16.4. The minimum absolute atomic E-state index is 0.0630. The Kier molecular flexibility index (Phi) is 3.88. The van der Waals surface area contributed by atoms with Crippen molar-refractivity contribution in [2.75, 3.05) is 5.32 Å². The zero-order chi connectivity index (χ0) is 14.0. The Balaban J connectivity index is 1.98. The summed E-state index contributed by atoms with van der Waals surface area (Å²) in [6.45, 7) is 4.02. The second-order valence-corrected chi connectivity index (χ2v) is 5.33. The lowest BCUT2D eigenvalue weighted by molar-refractivity contribution is -0.141. The van der Waals surface area contributed by atoms with Gasteiger partial charge in [-0.25, -0.2) is 0 Å². The summed E-state index contributed by atoms with van der Waals surface area (Å²) in [5.41, 5.74) is 3.10. The van der Waals surface area contributed by atoms with E-state index in [0.717, 1.165) is 11.3 Å². The van der Waals surface area contributed by atoms with Crippen LogP contribution in [0, 0.1) is 25.7 Å². The molecular formula is C15H19NO3. The lowest BCUT2D eigenvalue weighted by Crippen LogP contribution is -2.21. The van der Waals surface area contributed by atoms with Crippen molar-refractivity contribution in [2.45, 2.75) is 33.1 Å². The molecule has 1 saturated carbocycles. The average Bonchev–Trinajstić information content (AvgIpc) is 2.83. The highest BCUT2D eigenvalue weighted by Crippen LogP contribution is 2.32. The molecule has 1 amide bonds. The topological polar surface area (TPSA) is 66.4 Å². The van der Waals surface area contributed by atoms with Gasteiger partial charge in [0.25, 0.3) is 0 Å². The number of amides is 1. The summed E-state index contributed by atoms with van der Waals surface area (Å²) in [6.07, 6.45) is 1.71. The van der Waals surface area contributed by atoms with Crippen LogP contribution in [0.3, 0.4) is 0 Å². The van der Waals surface area contributed by atoms with E-state index in [4.69, 9.17) is 5.11 Å². The lowest BCUT2D eigenvalue weighted by atomic mass is 10.0. The molecule has 0 radical (unpaired) electrons. The van der Waals surface area contributed by atoms with E-state index in [1.54, 1.807) is 0 Å². The van der Waals surface area contributed by atoms with Crippen LogP contribution in [0.2, 0.25) is 0 Å². The zero-order valence-electron chi connectivity index (χ0n) is 11.3. The Hall–Kier alpha value is -1.84. The average molecular weight is 261 g/mol. The maximum Gasteiger partial charge on any atom is 0.306 e. The van der Waals surface area contributed by atoms with Crippen molar-refractivity contribution in [2.24, 2.45) is 11.8 Å². The van der Waals surface area contributed by atoms with Gasteiger partial charge >= 0.3 is 5.97 Å². The number of rotatable bonds is 3.